The predicted molar refractivity (Wildman–Crippen MR) is 76.1 cm³/mol. The van der Waals surface area contributed by atoms with Crippen LogP contribution in [0.2, 0.25) is 0 Å². The lowest BCUT2D eigenvalue weighted by molar-refractivity contribution is 0.139. The molecule has 0 aliphatic heterocycles. The SMILES string of the molecule is CCCOc1ccc(C(O)C(C)(C)S(C)(=O)=O)cc1. The van der Waals surface area contributed by atoms with Crippen LogP contribution in [0.5, 0.6) is 5.75 Å². The maximum Gasteiger partial charge on any atom is 0.155 e. The smallest absolute Gasteiger partial charge is 0.155 e. The molecule has 0 aromatic heterocycles. The maximum absolute atomic E-state index is 11.7. The van der Waals surface area contributed by atoms with Gasteiger partial charge in [-0.25, -0.2) is 8.42 Å². The third-order valence-electron chi connectivity index (χ3n) is 3.28. The highest BCUT2D eigenvalue weighted by atomic mass is 32.2. The van der Waals surface area contributed by atoms with Crippen molar-refractivity contribution in [2.45, 2.75) is 38.0 Å². The molecule has 0 aliphatic carbocycles. The summed E-state index contributed by atoms with van der Waals surface area (Å²) in [6.07, 6.45) is 0.989. The van der Waals surface area contributed by atoms with Gasteiger partial charge in [0.2, 0.25) is 0 Å². The zero-order chi connectivity index (χ0) is 14.7. The molecule has 1 aromatic rings. The van der Waals surface area contributed by atoms with Crippen LogP contribution in [0.4, 0.5) is 0 Å². The quantitative estimate of drug-likeness (QED) is 0.871. The van der Waals surface area contributed by atoms with E-state index in [9.17, 15) is 13.5 Å². The van der Waals surface area contributed by atoms with Crippen molar-refractivity contribution in [3.8, 4) is 5.75 Å². The van der Waals surface area contributed by atoms with E-state index in [1.807, 2.05) is 6.92 Å². The van der Waals surface area contributed by atoms with E-state index in [1.54, 1.807) is 24.3 Å². The Morgan fingerprint density at radius 1 is 1.26 bits per heavy atom. The van der Waals surface area contributed by atoms with Crippen molar-refractivity contribution >= 4 is 9.84 Å². The number of sulfone groups is 1. The van der Waals surface area contributed by atoms with E-state index >= 15 is 0 Å². The van der Waals surface area contributed by atoms with E-state index in [-0.39, 0.29) is 0 Å². The van der Waals surface area contributed by atoms with Crippen molar-refractivity contribution in [2.24, 2.45) is 0 Å². The molecule has 108 valence electrons. The van der Waals surface area contributed by atoms with Crippen molar-refractivity contribution in [1.29, 1.82) is 0 Å². The number of aliphatic hydroxyl groups is 1. The Kier molecular flexibility index (Phi) is 4.98. The lowest BCUT2D eigenvalue weighted by Gasteiger charge is -2.28. The molecule has 1 rings (SSSR count). The first-order valence-electron chi connectivity index (χ1n) is 6.30. The van der Waals surface area contributed by atoms with Gasteiger partial charge in [0.15, 0.2) is 9.84 Å². The average molecular weight is 286 g/mol. The van der Waals surface area contributed by atoms with Gasteiger partial charge in [-0.05, 0) is 38.0 Å². The number of hydrogen-bond acceptors (Lipinski definition) is 4. The molecular formula is C14H22O4S. The molecule has 19 heavy (non-hydrogen) atoms. The molecule has 0 bridgehead atoms. The molecule has 5 heteroatoms. The molecule has 0 spiro atoms. The second kappa shape index (κ2) is 5.92. The van der Waals surface area contributed by atoms with Crippen LogP contribution >= 0.6 is 0 Å². The molecule has 0 saturated carbocycles. The lowest BCUT2D eigenvalue weighted by Crippen LogP contribution is -2.37. The minimum Gasteiger partial charge on any atom is -0.494 e. The zero-order valence-corrected chi connectivity index (χ0v) is 12.7. The molecule has 0 amide bonds. The van der Waals surface area contributed by atoms with Gasteiger partial charge in [-0.1, -0.05) is 19.1 Å². The first kappa shape index (κ1) is 16.0. The molecule has 1 aromatic carbocycles. The Morgan fingerprint density at radius 3 is 2.21 bits per heavy atom. The number of ether oxygens (including phenoxy) is 1. The minimum atomic E-state index is -3.36. The Hall–Kier alpha value is -1.07. The second-order valence-electron chi connectivity index (χ2n) is 5.20. The van der Waals surface area contributed by atoms with Crippen LogP contribution in [0.15, 0.2) is 24.3 Å². The third-order valence-corrected chi connectivity index (χ3v) is 5.42. The van der Waals surface area contributed by atoms with Gasteiger partial charge in [0.1, 0.15) is 5.75 Å². The molecule has 1 atom stereocenters. The van der Waals surface area contributed by atoms with E-state index in [4.69, 9.17) is 4.74 Å². The van der Waals surface area contributed by atoms with Gasteiger partial charge >= 0.3 is 0 Å². The largest absolute Gasteiger partial charge is 0.494 e. The summed E-state index contributed by atoms with van der Waals surface area (Å²) in [5, 5.41) is 10.2. The van der Waals surface area contributed by atoms with Crippen LogP contribution in [-0.4, -0.2) is 31.1 Å². The monoisotopic (exact) mass is 286 g/mol. The Bertz CT molecular complexity index is 503. The molecule has 1 N–H and O–H groups in total. The van der Waals surface area contributed by atoms with Crippen molar-refractivity contribution in [2.75, 3.05) is 12.9 Å². The third kappa shape index (κ3) is 3.70. The summed E-state index contributed by atoms with van der Waals surface area (Å²) in [5.74, 6) is 0.718. The maximum atomic E-state index is 11.7. The average Bonchev–Trinajstić information content (AvgIpc) is 2.34. The highest BCUT2D eigenvalue weighted by molar-refractivity contribution is 7.92. The summed E-state index contributed by atoms with van der Waals surface area (Å²) >= 11 is 0. The van der Waals surface area contributed by atoms with Gasteiger partial charge in [-0.2, -0.15) is 0 Å². The lowest BCUT2D eigenvalue weighted by atomic mass is 9.98. The fraction of sp³-hybridized carbons (Fsp3) is 0.571. The highest BCUT2D eigenvalue weighted by Crippen LogP contribution is 2.32. The molecule has 1 unspecified atom stereocenters. The Labute approximate surface area is 115 Å². The van der Waals surface area contributed by atoms with Crippen LogP contribution in [0.25, 0.3) is 0 Å². The summed E-state index contributed by atoms with van der Waals surface area (Å²) < 4.78 is 27.6. The van der Waals surface area contributed by atoms with E-state index in [0.29, 0.717) is 12.2 Å². The van der Waals surface area contributed by atoms with Crippen molar-refractivity contribution in [3.63, 3.8) is 0 Å². The minimum absolute atomic E-state index is 0.569. The van der Waals surface area contributed by atoms with Gasteiger partial charge in [-0.3, -0.25) is 0 Å². The first-order chi connectivity index (χ1) is 8.70. The Balaban J connectivity index is 2.92. The number of aliphatic hydroxyl groups excluding tert-OH is 1. The second-order valence-corrected chi connectivity index (χ2v) is 7.79. The molecule has 0 saturated heterocycles. The molecular weight excluding hydrogens is 264 g/mol. The summed E-state index contributed by atoms with van der Waals surface area (Å²) in [6, 6.07) is 6.88. The van der Waals surface area contributed by atoms with Crippen molar-refractivity contribution < 1.29 is 18.3 Å². The number of rotatable bonds is 6. The molecule has 4 nitrogen and oxygen atoms in total. The van der Waals surface area contributed by atoms with Crippen LogP contribution in [0.3, 0.4) is 0 Å². The van der Waals surface area contributed by atoms with E-state index in [2.05, 4.69) is 0 Å². The van der Waals surface area contributed by atoms with Gasteiger partial charge in [-0.15, -0.1) is 0 Å². The van der Waals surface area contributed by atoms with Gasteiger partial charge < -0.3 is 9.84 Å². The van der Waals surface area contributed by atoms with Crippen molar-refractivity contribution in [3.05, 3.63) is 29.8 Å². The van der Waals surface area contributed by atoms with Crippen LogP contribution in [0.1, 0.15) is 38.9 Å². The molecule has 0 heterocycles. The summed E-state index contributed by atoms with van der Waals surface area (Å²) in [6.45, 7) is 5.70. The standard InChI is InChI=1S/C14H22O4S/c1-5-10-18-12-8-6-11(7-9-12)13(15)14(2,3)19(4,16)17/h6-9,13,15H,5,10H2,1-4H3. The first-order valence-corrected chi connectivity index (χ1v) is 8.19. The predicted octanol–water partition coefficient (Wildman–Crippen LogP) is 2.33. The Morgan fingerprint density at radius 2 is 1.79 bits per heavy atom. The van der Waals surface area contributed by atoms with Crippen LogP contribution < -0.4 is 4.74 Å². The molecule has 0 radical (unpaired) electrons. The van der Waals surface area contributed by atoms with Crippen LogP contribution in [0, 0.1) is 0 Å². The van der Waals surface area contributed by atoms with Gasteiger partial charge in [0.05, 0.1) is 17.5 Å². The van der Waals surface area contributed by atoms with Crippen molar-refractivity contribution in [1.82, 2.24) is 0 Å². The summed E-state index contributed by atoms with van der Waals surface area (Å²) in [5.41, 5.74) is 0.569. The topological polar surface area (TPSA) is 63.6 Å². The summed E-state index contributed by atoms with van der Waals surface area (Å²) in [7, 11) is -3.36. The molecule has 0 fully saturated rings. The number of benzene rings is 1. The number of hydrogen-bond donors (Lipinski definition) is 1. The van der Waals surface area contributed by atoms with Crippen LogP contribution in [-0.2, 0) is 9.84 Å². The van der Waals surface area contributed by atoms with Gasteiger partial charge in [0, 0.05) is 6.26 Å². The van der Waals surface area contributed by atoms with E-state index in [1.165, 1.54) is 13.8 Å². The molecule has 0 aliphatic rings. The van der Waals surface area contributed by atoms with Gasteiger partial charge in [0.25, 0.3) is 0 Å². The van der Waals surface area contributed by atoms with E-state index < -0.39 is 20.7 Å². The normalized spacial score (nSPS) is 14.2. The zero-order valence-electron chi connectivity index (χ0n) is 11.9. The fourth-order valence-corrected chi connectivity index (χ4v) is 2.11. The summed E-state index contributed by atoms with van der Waals surface area (Å²) in [4.78, 5) is 0. The highest BCUT2D eigenvalue weighted by Gasteiger charge is 2.38. The van der Waals surface area contributed by atoms with E-state index in [0.717, 1.165) is 18.4 Å². The fourth-order valence-electron chi connectivity index (χ4n) is 1.57.